The van der Waals surface area contributed by atoms with Crippen LogP contribution < -0.4 is 5.73 Å². The number of nitrogens with two attached hydrogens (primary N) is 1. The fourth-order valence-corrected chi connectivity index (χ4v) is 2.75. The van der Waals surface area contributed by atoms with E-state index in [0.717, 1.165) is 32.5 Å². The second-order valence-electron chi connectivity index (χ2n) is 5.61. The summed E-state index contributed by atoms with van der Waals surface area (Å²) >= 11 is 4.99. The van der Waals surface area contributed by atoms with Crippen LogP contribution in [0, 0.1) is 0 Å². The molecular weight excluding hydrogens is 268 g/mol. The van der Waals surface area contributed by atoms with Gasteiger partial charge in [-0.15, -0.1) is 0 Å². The van der Waals surface area contributed by atoms with Crippen LogP contribution in [-0.2, 0) is 11.2 Å². The van der Waals surface area contributed by atoms with Gasteiger partial charge in [0, 0.05) is 25.6 Å². The molecule has 0 aliphatic carbocycles. The summed E-state index contributed by atoms with van der Waals surface area (Å²) in [6, 6.07) is 9.05. The predicted molar refractivity (Wildman–Crippen MR) is 87.0 cm³/mol. The summed E-state index contributed by atoms with van der Waals surface area (Å²) in [6.45, 7) is 7.01. The van der Waals surface area contributed by atoms with E-state index in [0.29, 0.717) is 11.0 Å². The molecule has 20 heavy (non-hydrogen) atoms. The molecule has 0 saturated heterocycles. The Morgan fingerprint density at radius 1 is 1.45 bits per heavy atom. The average Bonchev–Trinajstić information content (AvgIpc) is 2.43. The van der Waals surface area contributed by atoms with E-state index in [1.54, 1.807) is 0 Å². The van der Waals surface area contributed by atoms with Gasteiger partial charge in [-0.1, -0.05) is 36.5 Å². The molecule has 1 aliphatic heterocycles. The Bertz CT molecular complexity index is 462. The van der Waals surface area contributed by atoms with Crippen LogP contribution in [0.25, 0.3) is 0 Å². The molecule has 2 rings (SSSR count). The number of thiocarbonyl (C=S) groups is 1. The molecule has 1 heterocycles. The zero-order chi connectivity index (χ0) is 14.5. The largest absolute Gasteiger partial charge is 0.393 e. The van der Waals surface area contributed by atoms with Crippen molar-refractivity contribution in [3.8, 4) is 0 Å². The lowest BCUT2D eigenvalue weighted by Crippen LogP contribution is -2.38. The number of ether oxygens (including phenoxy) is 1. The molecule has 0 spiro atoms. The Labute approximate surface area is 127 Å². The third-order valence-electron chi connectivity index (χ3n) is 3.87. The molecule has 0 fully saturated rings. The Morgan fingerprint density at radius 2 is 2.20 bits per heavy atom. The molecule has 1 aromatic rings. The number of fused-ring (bicyclic) bond motifs is 1. The highest BCUT2D eigenvalue weighted by molar-refractivity contribution is 7.80. The second kappa shape index (κ2) is 7.16. The van der Waals surface area contributed by atoms with E-state index in [-0.39, 0.29) is 6.10 Å². The highest BCUT2D eigenvalue weighted by Crippen LogP contribution is 2.28. The van der Waals surface area contributed by atoms with Crippen LogP contribution in [0.3, 0.4) is 0 Å². The van der Waals surface area contributed by atoms with Crippen LogP contribution in [0.5, 0.6) is 0 Å². The minimum Gasteiger partial charge on any atom is -0.393 e. The van der Waals surface area contributed by atoms with E-state index in [2.05, 4.69) is 43.0 Å². The van der Waals surface area contributed by atoms with Crippen molar-refractivity contribution in [1.29, 1.82) is 0 Å². The summed E-state index contributed by atoms with van der Waals surface area (Å²) in [7, 11) is 0. The van der Waals surface area contributed by atoms with Crippen LogP contribution in [-0.4, -0.2) is 35.6 Å². The lowest BCUT2D eigenvalue weighted by atomic mass is 9.97. The van der Waals surface area contributed by atoms with Gasteiger partial charge in [0.15, 0.2) is 0 Å². The molecule has 1 unspecified atom stereocenters. The number of hydrogen-bond acceptors (Lipinski definition) is 3. The minimum atomic E-state index is 0.161. The van der Waals surface area contributed by atoms with Crippen molar-refractivity contribution in [1.82, 2.24) is 4.90 Å². The molecule has 2 N–H and O–H groups in total. The van der Waals surface area contributed by atoms with Gasteiger partial charge in [0.1, 0.15) is 0 Å². The van der Waals surface area contributed by atoms with E-state index in [1.165, 1.54) is 11.1 Å². The van der Waals surface area contributed by atoms with Crippen molar-refractivity contribution in [3.05, 3.63) is 35.4 Å². The van der Waals surface area contributed by atoms with Gasteiger partial charge in [-0.25, -0.2) is 0 Å². The molecule has 1 aliphatic rings. The standard InChI is InChI=1S/C16H24N2OS/c1-12(2)18(9-7-16(17)20)11-15-14-6-4-3-5-13(14)8-10-19-15/h3-6,12,15H,7-11H2,1-2H3,(H2,17,20). The number of benzene rings is 1. The maximum Gasteiger partial charge on any atom is 0.0954 e. The van der Waals surface area contributed by atoms with Gasteiger partial charge in [0.25, 0.3) is 0 Å². The fourth-order valence-electron chi connectivity index (χ4n) is 2.66. The van der Waals surface area contributed by atoms with Gasteiger partial charge in [0.05, 0.1) is 17.7 Å². The van der Waals surface area contributed by atoms with Gasteiger partial charge in [-0.2, -0.15) is 0 Å². The van der Waals surface area contributed by atoms with E-state index in [9.17, 15) is 0 Å². The topological polar surface area (TPSA) is 38.5 Å². The lowest BCUT2D eigenvalue weighted by molar-refractivity contribution is 0.00983. The normalized spacial score (nSPS) is 18.3. The summed E-state index contributed by atoms with van der Waals surface area (Å²) in [5.74, 6) is 0. The Kier molecular flexibility index (Phi) is 5.52. The number of hydrogen-bond donors (Lipinski definition) is 1. The maximum absolute atomic E-state index is 5.99. The zero-order valence-electron chi connectivity index (χ0n) is 12.3. The third-order valence-corrected chi connectivity index (χ3v) is 4.07. The fraction of sp³-hybridized carbons (Fsp3) is 0.562. The first-order valence-electron chi connectivity index (χ1n) is 7.29. The summed E-state index contributed by atoms with van der Waals surface area (Å²) in [6.07, 6.45) is 1.94. The first kappa shape index (κ1) is 15.4. The third kappa shape index (κ3) is 4.01. The van der Waals surface area contributed by atoms with Crippen LogP contribution in [0.2, 0.25) is 0 Å². The average molecular weight is 292 g/mol. The van der Waals surface area contributed by atoms with E-state index < -0.39 is 0 Å². The highest BCUT2D eigenvalue weighted by Gasteiger charge is 2.23. The van der Waals surface area contributed by atoms with Crippen LogP contribution >= 0.6 is 12.2 Å². The molecule has 0 saturated carbocycles. The number of nitrogens with zero attached hydrogens (tertiary/aromatic N) is 1. The Morgan fingerprint density at radius 3 is 2.90 bits per heavy atom. The first-order chi connectivity index (χ1) is 9.58. The van der Waals surface area contributed by atoms with E-state index >= 15 is 0 Å². The lowest BCUT2D eigenvalue weighted by Gasteiger charge is -2.33. The Hall–Kier alpha value is -0.970. The van der Waals surface area contributed by atoms with Crippen LogP contribution in [0.1, 0.15) is 37.5 Å². The molecular formula is C16H24N2OS. The minimum absolute atomic E-state index is 0.161. The molecule has 3 nitrogen and oxygen atoms in total. The monoisotopic (exact) mass is 292 g/mol. The summed E-state index contributed by atoms with van der Waals surface area (Å²) in [5, 5.41) is 0. The maximum atomic E-state index is 5.99. The summed E-state index contributed by atoms with van der Waals surface area (Å²) in [5.41, 5.74) is 8.38. The molecule has 1 atom stereocenters. The van der Waals surface area contributed by atoms with Crippen molar-refractivity contribution >= 4 is 17.2 Å². The van der Waals surface area contributed by atoms with Crippen molar-refractivity contribution in [2.24, 2.45) is 5.73 Å². The van der Waals surface area contributed by atoms with Gasteiger partial charge in [0.2, 0.25) is 0 Å². The van der Waals surface area contributed by atoms with Crippen molar-refractivity contribution in [3.63, 3.8) is 0 Å². The summed E-state index contributed by atoms with van der Waals surface area (Å²) in [4.78, 5) is 2.98. The van der Waals surface area contributed by atoms with Gasteiger partial charge in [-0.3, -0.25) is 4.90 Å². The summed E-state index contributed by atoms with van der Waals surface area (Å²) < 4.78 is 5.99. The SMILES string of the molecule is CC(C)N(CCC(N)=S)CC1OCCc2ccccc21. The number of rotatable bonds is 6. The van der Waals surface area contributed by atoms with E-state index in [1.807, 2.05) is 0 Å². The van der Waals surface area contributed by atoms with Crippen molar-refractivity contribution in [2.75, 3.05) is 19.7 Å². The van der Waals surface area contributed by atoms with Crippen molar-refractivity contribution < 1.29 is 4.74 Å². The highest BCUT2D eigenvalue weighted by atomic mass is 32.1. The van der Waals surface area contributed by atoms with Gasteiger partial charge in [-0.05, 0) is 31.4 Å². The second-order valence-corrected chi connectivity index (χ2v) is 6.14. The molecule has 0 radical (unpaired) electrons. The first-order valence-corrected chi connectivity index (χ1v) is 7.70. The van der Waals surface area contributed by atoms with Crippen LogP contribution in [0.4, 0.5) is 0 Å². The molecule has 0 bridgehead atoms. The van der Waals surface area contributed by atoms with Gasteiger partial charge < -0.3 is 10.5 Å². The van der Waals surface area contributed by atoms with Gasteiger partial charge >= 0.3 is 0 Å². The van der Waals surface area contributed by atoms with Crippen molar-refractivity contribution in [2.45, 2.75) is 38.8 Å². The predicted octanol–water partition coefficient (Wildman–Crippen LogP) is 2.69. The molecule has 4 heteroatoms. The molecule has 1 aromatic carbocycles. The van der Waals surface area contributed by atoms with Crippen LogP contribution in [0.15, 0.2) is 24.3 Å². The smallest absolute Gasteiger partial charge is 0.0954 e. The quantitative estimate of drug-likeness (QED) is 0.818. The molecule has 0 amide bonds. The Balaban J connectivity index is 2.05. The zero-order valence-corrected chi connectivity index (χ0v) is 13.2. The molecule has 110 valence electrons. The molecule has 0 aromatic heterocycles. The van der Waals surface area contributed by atoms with E-state index in [4.69, 9.17) is 22.7 Å².